The number of hydrogen-bond donors (Lipinski definition) is 2. The van der Waals surface area contributed by atoms with E-state index in [1.54, 1.807) is 30.3 Å². The highest BCUT2D eigenvalue weighted by molar-refractivity contribution is 5.98. The summed E-state index contributed by atoms with van der Waals surface area (Å²) in [6.45, 7) is 0. The number of ether oxygens (including phenoxy) is 1. The maximum absolute atomic E-state index is 12.1. The highest BCUT2D eigenvalue weighted by Crippen LogP contribution is 2.19. The molecular weight excluding hydrogens is 288 g/mol. The van der Waals surface area contributed by atoms with E-state index in [1.807, 2.05) is 0 Å². The van der Waals surface area contributed by atoms with Crippen molar-refractivity contribution in [2.45, 2.75) is 6.10 Å². The molecule has 0 saturated heterocycles. The number of amides is 3. The zero-order valence-corrected chi connectivity index (χ0v) is 11.7. The molecule has 2 N–H and O–H groups in total. The number of imide groups is 1. The molecular formula is C15H14N2O5. The molecule has 1 aromatic carbocycles. The number of hydrogen-bond acceptors (Lipinski definition) is 5. The quantitative estimate of drug-likeness (QED) is 0.837. The maximum Gasteiger partial charge on any atom is 0.375 e. The van der Waals surface area contributed by atoms with Crippen molar-refractivity contribution in [2.75, 3.05) is 7.05 Å². The summed E-state index contributed by atoms with van der Waals surface area (Å²) in [5, 5.41) is 4.34. The predicted molar refractivity (Wildman–Crippen MR) is 75.9 cm³/mol. The van der Waals surface area contributed by atoms with E-state index in [-0.39, 0.29) is 5.76 Å². The molecule has 1 atom stereocenters. The first kappa shape index (κ1) is 15.3. The molecule has 2 rings (SSSR count). The van der Waals surface area contributed by atoms with Gasteiger partial charge in [-0.1, -0.05) is 30.3 Å². The lowest BCUT2D eigenvalue weighted by atomic mass is 10.1. The van der Waals surface area contributed by atoms with Gasteiger partial charge in [0.25, 0.3) is 5.91 Å². The zero-order chi connectivity index (χ0) is 15.9. The van der Waals surface area contributed by atoms with E-state index in [0.29, 0.717) is 5.56 Å². The molecule has 1 aromatic heterocycles. The number of furan rings is 1. The van der Waals surface area contributed by atoms with Gasteiger partial charge in [0.05, 0.1) is 6.26 Å². The van der Waals surface area contributed by atoms with Crippen LogP contribution in [-0.4, -0.2) is 25.0 Å². The lowest BCUT2D eigenvalue weighted by molar-refractivity contribution is -0.129. The van der Waals surface area contributed by atoms with Crippen LogP contribution >= 0.6 is 0 Å². The van der Waals surface area contributed by atoms with Gasteiger partial charge in [-0.3, -0.25) is 10.1 Å². The number of benzene rings is 1. The van der Waals surface area contributed by atoms with Gasteiger partial charge in [0.1, 0.15) is 0 Å². The molecule has 1 heterocycles. The van der Waals surface area contributed by atoms with E-state index in [0.717, 1.165) is 0 Å². The van der Waals surface area contributed by atoms with Crippen molar-refractivity contribution in [1.82, 2.24) is 10.6 Å². The summed E-state index contributed by atoms with van der Waals surface area (Å²) < 4.78 is 10.1. The maximum atomic E-state index is 12.1. The first-order valence-electron chi connectivity index (χ1n) is 6.44. The fraction of sp³-hybridized carbons (Fsp3) is 0.133. The second kappa shape index (κ2) is 7.07. The van der Waals surface area contributed by atoms with Gasteiger partial charge in [-0.25, -0.2) is 9.59 Å². The number of rotatable bonds is 4. The Morgan fingerprint density at radius 2 is 1.82 bits per heavy atom. The molecule has 0 aliphatic heterocycles. The van der Waals surface area contributed by atoms with Gasteiger partial charge >= 0.3 is 12.0 Å². The van der Waals surface area contributed by atoms with E-state index in [1.165, 1.54) is 25.4 Å². The normalized spacial score (nSPS) is 11.3. The molecule has 0 bridgehead atoms. The minimum Gasteiger partial charge on any atom is -0.457 e. The number of urea groups is 1. The molecule has 114 valence electrons. The molecule has 7 nitrogen and oxygen atoms in total. The van der Waals surface area contributed by atoms with Gasteiger partial charge in [0.2, 0.25) is 11.9 Å². The molecule has 3 amide bonds. The second-order valence-electron chi connectivity index (χ2n) is 4.24. The third kappa shape index (κ3) is 3.72. The van der Waals surface area contributed by atoms with Crippen LogP contribution in [0.1, 0.15) is 22.2 Å². The second-order valence-corrected chi connectivity index (χ2v) is 4.24. The summed E-state index contributed by atoms with van der Waals surface area (Å²) in [5.74, 6) is -1.59. The number of carbonyl (C=O) groups is 3. The number of nitrogens with one attached hydrogen (secondary N) is 2. The van der Waals surface area contributed by atoms with Crippen molar-refractivity contribution >= 4 is 17.9 Å². The van der Waals surface area contributed by atoms with Gasteiger partial charge < -0.3 is 14.5 Å². The Balaban J connectivity index is 2.20. The van der Waals surface area contributed by atoms with Crippen LogP contribution in [0.3, 0.4) is 0 Å². The minimum absolute atomic E-state index is 0.0336. The van der Waals surface area contributed by atoms with E-state index < -0.39 is 24.0 Å². The van der Waals surface area contributed by atoms with Crippen molar-refractivity contribution in [2.24, 2.45) is 0 Å². The van der Waals surface area contributed by atoms with Crippen molar-refractivity contribution in [3.05, 3.63) is 60.1 Å². The van der Waals surface area contributed by atoms with E-state index >= 15 is 0 Å². The van der Waals surface area contributed by atoms with E-state index in [2.05, 4.69) is 10.6 Å². The average Bonchev–Trinajstić information content (AvgIpc) is 3.07. The van der Waals surface area contributed by atoms with Gasteiger partial charge in [0, 0.05) is 12.6 Å². The van der Waals surface area contributed by atoms with Gasteiger partial charge in [-0.15, -0.1) is 0 Å². The Labute approximate surface area is 126 Å². The van der Waals surface area contributed by atoms with Crippen LogP contribution in [-0.2, 0) is 9.53 Å². The minimum atomic E-state index is -1.27. The summed E-state index contributed by atoms with van der Waals surface area (Å²) in [6.07, 6.45) is 0.0507. The van der Waals surface area contributed by atoms with Crippen LogP contribution in [0.4, 0.5) is 4.79 Å². The molecule has 0 aliphatic carbocycles. The third-order valence-electron chi connectivity index (χ3n) is 2.75. The molecule has 0 saturated carbocycles. The molecule has 7 heteroatoms. The predicted octanol–water partition coefficient (Wildman–Crippen LogP) is 1.63. The highest BCUT2D eigenvalue weighted by Gasteiger charge is 2.27. The largest absolute Gasteiger partial charge is 0.457 e. The third-order valence-corrected chi connectivity index (χ3v) is 2.75. The molecule has 0 fully saturated rings. The highest BCUT2D eigenvalue weighted by atomic mass is 16.6. The zero-order valence-electron chi connectivity index (χ0n) is 11.7. The van der Waals surface area contributed by atoms with E-state index in [9.17, 15) is 14.4 Å². The number of carbonyl (C=O) groups excluding carboxylic acids is 3. The number of esters is 1. The van der Waals surface area contributed by atoms with Crippen LogP contribution in [0.5, 0.6) is 0 Å². The standard InChI is InChI=1S/C15H14N2O5/c1-16-15(20)17-13(18)12(10-6-3-2-4-7-10)22-14(19)11-8-5-9-21-11/h2-9,12H,1H3,(H2,16,17,18,20)/t12-/m0/s1. The molecule has 0 spiro atoms. The Morgan fingerprint density at radius 1 is 1.09 bits per heavy atom. The lowest BCUT2D eigenvalue weighted by Gasteiger charge is -2.16. The fourth-order valence-corrected chi connectivity index (χ4v) is 1.70. The molecule has 22 heavy (non-hydrogen) atoms. The Bertz CT molecular complexity index is 652. The summed E-state index contributed by atoms with van der Waals surface area (Å²) in [7, 11) is 1.37. The van der Waals surface area contributed by atoms with Gasteiger partial charge in [0.15, 0.2) is 0 Å². The summed E-state index contributed by atoms with van der Waals surface area (Å²) in [5.41, 5.74) is 0.434. The smallest absolute Gasteiger partial charge is 0.375 e. The van der Waals surface area contributed by atoms with Crippen LogP contribution in [0.2, 0.25) is 0 Å². The summed E-state index contributed by atoms with van der Waals surface area (Å²) in [4.78, 5) is 35.4. The van der Waals surface area contributed by atoms with E-state index in [4.69, 9.17) is 9.15 Å². The van der Waals surface area contributed by atoms with Crippen molar-refractivity contribution in [1.29, 1.82) is 0 Å². The average molecular weight is 302 g/mol. The molecule has 0 unspecified atom stereocenters. The Kier molecular flexibility index (Phi) is 4.92. The lowest BCUT2D eigenvalue weighted by Crippen LogP contribution is -2.41. The van der Waals surface area contributed by atoms with Crippen LogP contribution in [0.15, 0.2) is 53.1 Å². The monoisotopic (exact) mass is 302 g/mol. The molecule has 0 radical (unpaired) electrons. The van der Waals surface area contributed by atoms with Crippen LogP contribution in [0.25, 0.3) is 0 Å². The first-order chi connectivity index (χ1) is 10.6. The SMILES string of the molecule is CNC(=O)NC(=O)[C@@H](OC(=O)c1ccco1)c1ccccc1. The topological polar surface area (TPSA) is 97.6 Å². The van der Waals surface area contributed by atoms with Crippen molar-refractivity contribution < 1.29 is 23.5 Å². The van der Waals surface area contributed by atoms with Crippen LogP contribution in [0, 0.1) is 0 Å². The van der Waals surface area contributed by atoms with Gasteiger partial charge in [-0.2, -0.15) is 0 Å². The first-order valence-corrected chi connectivity index (χ1v) is 6.44. The summed E-state index contributed by atoms with van der Waals surface area (Å²) in [6, 6.07) is 10.6. The summed E-state index contributed by atoms with van der Waals surface area (Å²) >= 11 is 0. The fourth-order valence-electron chi connectivity index (χ4n) is 1.70. The molecule has 0 aliphatic rings. The van der Waals surface area contributed by atoms with Crippen LogP contribution < -0.4 is 10.6 Å². The Hall–Kier alpha value is -3.09. The van der Waals surface area contributed by atoms with Gasteiger partial charge in [-0.05, 0) is 12.1 Å². The Morgan fingerprint density at radius 3 is 2.41 bits per heavy atom. The van der Waals surface area contributed by atoms with Crippen molar-refractivity contribution in [3.63, 3.8) is 0 Å². The molecule has 2 aromatic rings. The van der Waals surface area contributed by atoms with Crippen molar-refractivity contribution in [3.8, 4) is 0 Å².